The van der Waals surface area contributed by atoms with Crippen LogP contribution in [0.15, 0.2) is 18.2 Å². The molecule has 0 radical (unpaired) electrons. The molecule has 0 saturated heterocycles. The van der Waals surface area contributed by atoms with Gasteiger partial charge in [-0.1, -0.05) is 11.6 Å². The van der Waals surface area contributed by atoms with E-state index in [0.29, 0.717) is 11.1 Å². The second-order valence-corrected chi connectivity index (χ2v) is 4.94. The molecule has 0 aliphatic heterocycles. The summed E-state index contributed by atoms with van der Waals surface area (Å²) in [6, 6.07) is 5.30. The van der Waals surface area contributed by atoms with Crippen LogP contribution in [0.3, 0.4) is 0 Å². The zero-order valence-electron chi connectivity index (χ0n) is 9.47. The lowest BCUT2D eigenvalue weighted by molar-refractivity contribution is 0.465. The minimum Gasteiger partial charge on any atom is -0.317 e. The van der Waals surface area contributed by atoms with Crippen molar-refractivity contribution < 1.29 is 4.39 Å². The Hall–Kier alpha value is -0.600. The van der Waals surface area contributed by atoms with E-state index in [4.69, 9.17) is 11.6 Å². The Morgan fingerprint density at radius 2 is 2.25 bits per heavy atom. The van der Waals surface area contributed by atoms with E-state index in [-0.39, 0.29) is 5.82 Å². The molecule has 0 heterocycles. The molecular weight excluding hydrogens is 225 g/mol. The summed E-state index contributed by atoms with van der Waals surface area (Å²) in [5, 5.41) is 3.93. The standard InChI is InChI=1S/C13H17ClFN/c1-16-13(9-2-3-9)7-4-10-8-11(14)5-6-12(10)15/h5-6,8-9,13,16H,2-4,7H2,1H3. The average molecular weight is 242 g/mol. The van der Waals surface area contributed by atoms with Gasteiger partial charge < -0.3 is 5.32 Å². The van der Waals surface area contributed by atoms with Gasteiger partial charge in [0.1, 0.15) is 5.82 Å². The maximum absolute atomic E-state index is 13.5. The van der Waals surface area contributed by atoms with Crippen LogP contribution in [0.4, 0.5) is 4.39 Å². The Balaban J connectivity index is 1.95. The van der Waals surface area contributed by atoms with Crippen LogP contribution in [0.5, 0.6) is 0 Å². The van der Waals surface area contributed by atoms with Gasteiger partial charge in [0, 0.05) is 11.1 Å². The minimum atomic E-state index is -0.143. The highest BCUT2D eigenvalue weighted by Crippen LogP contribution is 2.34. The number of halogens is 2. The van der Waals surface area contributed by atoms with Crippen LogP contribution in [0, 0.1) is 11.7 Å². The summed E-state index contributed by atoms with van der Waals surface area (Å²) in [7, 11) is 1.98. The zero-order valence-corrected chi connectivity index (χ0v) is 10.2. The van der Waals surface area contributed by atoms with Crippen molar-refractivity contribution in [1.82, 2.24) is 5.32 Å². The first-order chi connectivity index (χ1) is 7.70. The normalized spacial score (nSPS) is 17.4. The number of rotatable bonds is 5. The first kappa shape index (κ1) is 11.9. The molecule has 2 rings (SSSR count). The highest BCUT2D eigenvalue weighted by molar-refractivity contribution is 6.30. The van der Waals surface area contributed by atoms with E-state index >= 15 is 0 Å². The molecule has 3 heteroatoms. The molecule has 0 amide bonds. The molecule has 0 aromatic heterocycles. The molecule has 1 aliphatic carbocycles. The summed E-state index contributed by atoms with van der Waals surface area (Å²) >= 11 is 5.86. The van der Waals surface area contributed by atoms with E-state index < -0.39 is 0 Å². The van der Waals surface area contributed by atoms with Crippen molar-refractivity contribution in [3.63, 3.8) is 0 Å². The van der Waals surface area contributed by atoms with Crippen LogP contribution < -0.4 is 5.32 Å². The molecule has 0 spiro atoms. The molecule has 1 fully saturated rings. The van der Waals surface area contributed by atoms with Crippen molar-refractivity contribution in [2.24, 2.45) is 5.92 Å². The van der Waals surface area contributed by atoms with Gasteiger partial charge >= 0.3 is 0 Å². The molecule has 0 bridgehead atoms. The van der Waals surface area contributed by atoms with E-state index in [9.17, 15) is 4.39 Å². The molecule has 1 aromatic carbocycles. The predicted octanol–water partition coefficient (Wildman–Crippen LogP) is 3.41. The maximum Gasteiger partial charge on any atom is 0.126 e. The quantitative estimate of drug-likeness (QED) is 0.833. The molecule has 88 valence electrons. The summed E-state index contributed by atoms with van der Waals surface area (Å²) in [4.78, 5) is 0. The summed E-state index contributed by atoms with van der Waals surface area (Å²) in [5.74, 6) is 0.655. The molecular formula is C13H17ClFN. The van der Waals surface area contributed by atoms with Gasteiger partial charge in [-0.15, -0.1) is 0 Å². The highest BCUT2D eigenvalue weighted by Gasteiger charge is 2.29. The predicted molar refractivity (Wildman–Crippen MR) is 65.3 cm³/mol. The molecule has 16 heavy (non-hydrogen) atoms. The van der Waals surface area contributed by atoms with E-state index in [1.54, 1.807) is 12.1 Å². The number of aryl methyl sites for hydroxylation is 1. The lowest BCUT2D eigenvalue weighted by Gasteiger charge is -2.15. The van der Waals surface area contributed by atoms with Crippen molar-refractivity contribution in [2.45, 2.75) is 31.7 Å². The van der Waals surface area contributed by atoms with Gasteiger partial charge in [0.2, 0.25) is 0 Å². The number of hydrogen-bond acceptors (Lipinski definition) is 1. The van der Waals surface area contributed by atoms with E-state index in [1.165, 1.54) is 18.9 Å². The molecule has 1 aliphatic rings. The zero-order chi connectivity index (χ0) is 11.5. The third-order valence-electron chi connectivity index (χ3n) is 3.29. The molecule has 1 unspecified atom stereocenters. The average Bonchev–Trinajstić information content (AvgIpc) is 3.08. The van der Waals surface area contributed by atoms with Gasteiger partial charge in [-0.25, -0.2) is 4.39 Å². The highest BCUT2D eigenvalue weighted by atomic mass is 35.5. The molecule has 1 N–H and O–H groups in total. The summed E-state index contributed by atoms with van der Waals surface area (Å²) in [5.41, 5.74) is 0.730. The fraction of sp³-hybridized carbons (Fsp3) is 0.538. The van der Waals surface area contributed by atoms with Crippen LogP contribution in [0.1, 0.15) is 24.8 Å². The van der Waals surface area contributed by atoms with E-state index in [0.717, 1.165) is 24.3 Å². The van der Waals surface area contributed by atoms with E-state index in [1.807, 2.05) is 7.05 Å². The largest absolute Gasteiger partial charge is 0.317 e. The molecule has 1 nitrogen and oxygen atoms in total. The number of benzene rings is 1. The molecule has 1 atom stereocenters. The van der Waals surface area contributed by atoms with Crippen LogP contribution >= 0.6 is 11.6 Å². The maximum atomic E-state index is 13.5. The lowest BCUT2D eigenvalue weighted by Crippen LogP contribution is -2.27. The lowest BCUT2D eigenvalue weighted by atomic mass is 10.0. The Morgan fingerprint density at radius 1 is 1.50 bits per heavy atom. The Kier molecular flexibility index (Phi) is 3.82. The van der Waals surface area contributed by atoms with Gasteiger partial charge in [-0.2, -0.15) is 0 Å². The van der Waals surface area contributed by atoms with Crippen LogP contribution in [0.25, 0.3) is 0 Å². The minimum absolute atomic E-state index is 0.143. The van der Waals surface area contributed by atoms with Crippen LogP contribution in [-0.4, -0.2) is 13.1 Å². The summed E-state index contributed by atoms with van der Waals surface area (Å²) < 4.78 is 13.5. The van der Waals surface area contributed by atoms with E-state index in [2.05, 4.69) is 5.32 Å². The smallest absolute Gasteiger partial charge is 0.126 e. The second kappa shape index (κ2) is 5.15. The van der Waals surface area contributed by atoms with Crippen molar-refractivity contribution in [2.75, 3.05) is 7.05 Å². The van der Waals surface area contributed by atoms with Gasteiger partial charge in [0.15, 0.2) is 0 Å². The molecule has 1 saturated carbocycles. The van der Waals surface area contributed by atoms with Crippen LogP contribution in [-0.2, 0) is 6.42 Å². The Morgan fingerprint density at radius 3 is 2.88 bits per heavy atom. The second-order valence-electron chi connectivity index (χ2n) is 4.51. The SMILES string of the molecule is CNC(CCc1cc(Cl)ccc1F)C1CC1. The fourth-order valence-electron chi connectivity index (χ4n) is 2.16. The van der Waals surface area contributed by atoms with Crippen molar-refractivity contribution in [1.29, 1.82) is 0 Å². The van der Waals surface area contributed by atoms with Crippen LogP contribution in [0.2, 0.25) is 5.02 Å². The van der Waals surface area contributed by atoms with Crippen molar-refractivity contribution >= 4 is 11.6 Å². The number of nitrogens with one attached hydrogen (secondary N) is 1. The van der Waals surface area contributed by atoms with Gasteiger partial charge in [-0.05, 0) is 62.4 Å². The summed E-state index contributed by atoms with van der Waals surface area (Å²) in [6.07, 6.45) is 4.36. The third kappa shape index (κ3) is 2.96. The van der Waals surface area contributed by atoms with Gasteiger partial charge in [0.05, 0.1) is 0 Å². The Labute approximate surface area is 101 Å². The van der Waals surface area contributed by atoms with Crippen molar-refractivity contribution in [3.05, 3.63) is 34.6 Å². The topological polar surface area (TPSA) is 12.0 Å². The van der Waals surface area contributed by atoms with Crippen molar-refractivity contribution in [3.8, 4) is 0 Å². The van der Waals surface area contributed by atoms with Gasteiger partial charge in [0.25, 0.3) is 0 Å². The first-order valence-electron chi connectivity index (χ1n) is 5.82. The fourth-order valence-corrected chi connectivity index (χ4v) is 2.35. The Bertz CT molecular complexity index is 363. The van der Waals surface area contributed by atoms with Gasteiger partial charge in [-0.3, -0.25) is 0 Å². The number of hydrogen-bond donors (Lipinski definition) is 1. The third-order valence-corrected chi connectivity index (χ3v) is 3.53. The summed E-state index contributed by atoms with van der Waals surface area (Å²) in [6.45, 7) is 0. The first-order valence-corrected chi connectivity index (χ1v) is 6.19. The monoisotopic (exact) mass is 241 g/mol. The molecule has 1 aromatic rings.